The van der Waals surface area contributed by atoms with Gasteiger partial charge in [0, 0.05) is 51.1 Å². The molecule has 6 nitrogen and oxygen atoms in total. The van der Waals surface area contributed by atoms with E-state index in [1.807, 2.05) is 42.6 Å². The molecule has 0 unspecified atom stereocenters. The van der Waals surface area contributed by atoms with E-state index < -0.39 is 0 Å². The molecule has 2 aromatic carbocycles. The Bertz CT molecular complexity index is 1400. The molecular weight excluding hydrogens is 508 g/mol. The lowest BCUT2D eigenvalue weighted by atomic mass is 9.92. The fourth-order valence-electron chi connectivity index (χ4n) is 5.55. The molecule has 0 saturated heterocycles. The summed E-state index contributed by atoms with van der Waals surface area (Å²) in [7, 11) is 0. The van der Waals surface area contributed by atoms with Gasteiger partial charge in [0.25, 0.3) is 0 Å². The van der Waals surface area contributed by atoms with Crippen molar-refractivity contribution in [3.8, 4) is 0 Å². The number of anilines is 2. The Labute approximate surface area is 235 Å². The van der Waals surface area contributed by atoms with Gasteiger partial charge in [-0.05, 0) is 86.6 Å². The van der Waals surface area contributed by atoms with E-state index >= 15 is 0 Å². The van der Waals surface area contributed by atoms with Gasteiger partial charge >= 0.3 is 6.09 Å². The largest absolute Gasteiger partial charge is 0.449 e. The van der Waals surface area contributed by atoms with Crippen LogP contribution in [0.2, 0.25) is 5.02 Å². The maximum absolute atomic E-state index is 12.0. The number of amides is 1. The Morgan fingerprint density at radius 1 is 0.923 bits per heavy atom. The van der Waals surface area contributed by atoms with Gasteiger partial charge in [0.1, 0.15) is 0 Å². The van der Waals surface area contributed by atoms with Crippen molar-refractivity contribution in [2.24, 2.45) is 0 Å². The van der Waals surface area contributed by atoms with Gasteiger partial charge in [-0.1, -0.05) is 50.1 Å². The topological polar surface area (TPSA) is 79.0 Å². The van der Waals surface area contributed by atoms with Gasteiger partial charge in [0.05, 0.1) is 12.1 Å². The molecule has 1 amide bonds. The number of nitrogens with zero attached hydrogens (tertiary/aromatic N) is 1. The van der Waals surface area contributed by atoms with Gasteiger partial charge in [-0.2, -0.15) is 0 Å². The van der Waals surface area contributed by atoms with Crippen LogP contribution in [0.1, 0.15) is 75.5 Å². The van der Waals surface area contributed by atoms with Gasteiger partial charge in [0.2, 0.25) is 0 Å². The number of rotatable bonds is 13. The number of pyridine rings is 1. The van der Waals surface area contributed by atoms with Crippen molar-refractivity contribution in [2.75, 3.05) is 23.8 Å². The van der Waals surface area contributed by atoms with E-state index in [9.17, 15) is 4.79 Å². The Hall–Kier alpha value is -3.25. The molecule has 0 bridgehead atoms. The molecule has 0 radical (unpaired) electrons. The average Bonchev–Trinajstić information content (AvgIpc) is 3.41. The van der Waals surface area contributed by atoms with Crippen molar-refractivity contribution in [3.05, 3.63) is 64.9 Å². The molecule has 2 aromatic heterocycles. The number of aromatic amines is 1. The summed E-state index contributed by atoms with van der Waals surface area (Å²) in [6, 6.07) is 13.8. The molecule has 7 heteroatoms. The molecule has 1 aliphatic rings. The quantitative estimate of drug-likeness (QED) is 0.146. The fourth-order valence-corrected chi connectivity index (χ4v) is 5.72. The van der Waals surface area contributed by atoms with Crippen LogP contribution >= 0.6 is 11.6 Å². The second kappa shape index (κ2) is 13.7. The highest BCUT2D eigenvalue weighted by Gasteiger charge is 2.18. The Morgan fingerprint density at radius 2 is 1.72 bits per heavy atom. The standard InChI is InChI=1S/C32H39ClN4O2/c33-24-13-15-30-27(22-24)31(26-11-7-8-12-29(26)37-30)35-18-9-5-3-1-2-4-6-10-20-39-32(38)36-25-14-16-28-23(21-25)17-19-34-28/h13-17,19,21-22,34H,1-12,18,20H2,(H,35,37)(H,36,38). The van der Waals surface area contributed by atoms with E-state index in [-0.39, 0.29) is 6.09 Å². The first-order chi connectivity index (χ1) is 19.2. The van der Waals surface area contributed by atoms with Crippen LogP contribution in [0.15, 0.2) is 48.7 Å². The number of hydrogen-bond acceptors (Lipinski definition) is 4. The summed E-state index contributed by atoms with van der Waals surface area (Å²) in [5.41, 5.74) is 6.76. The Balaban J connectivity index is 0.922. The summed E-state index contributed by atoms with van der Waals surface area (Å²) < 4.78 is 5.34. The Morgan fingerprint density at radius 3 is 2.59 bits per heavy atom. The first kappa shape index (κ1) is 27.3. The van der Waals surface area contributed by atoms with Crippen molar-refractivity contribution in [2.45, 2.75) is 77.0 Å². The van der Waals surface area contributed by atoms with Crippen molar-refractivity contribution >= 4 is 50.9 Å². The second-order valence-corrected chi connectivity index (χ2v) is 11.0. The van der Waals surface area contributed by atoms with Crippen LogP contribution in [0.25, 0.3) is 21.8 Å². The number of nitrogens with one attached hydrogen (secondary N) is 3. The van der Waals surface area contributed by atoms with E-state index in [1.165, 1.54) is 68.3 Å². The normalized spacial score (nSPS) is 12.9. The van der Waals surface area contributed by atoms with Gasteiger partial charge < -0.3 is 15.0 Å². The lowest BCUT2D eigenvalue weighted by molar-refractivity contribution is 0.159. The minimum Gasteiger partial charge on any atom is -0.449 e. The highest BCUT2D eigenvalue weighted by molar-refractivity contribution is 6.31. The van der Waals surface area contributed by atoms with Gasteiger partial charge in [0.15, 0.2) is 0 Å². The number of aryl methyl sites for hydroxylation is 1. The monoisotopic (exact) mass is 546 g/mol. The number of benzene rings is 2. The number of halogens is 1. The highest BCUT2D eigenvalue weighted by Crippen LogP contribution is 2.34. The molecule has 3 N–H and O–H groups in total. The summed E-state index contributed by atoms with van der Waals surface area (Å²) in [4.78, 5) is 20.1. The third-order valence-electron chi connectivity index (χ3n) is 7.63. The van der Waals surface area contributed by atoms with Crippen molar-refractivity contribution in [1.29, 1.82) is 0 Å². The fraction of sp³-hybridized carbons (Fsp3) is 0.438. The predicted molar refractivity (Wildman–Crippen MR) is 162 cm³/mol. The molecule has 4 aromatic rings. The predicted octanol–water partition coefficient (Wildman–Crippen LogP) is 9.03. The smallest absolute Gasteiger partial charge is 0.411 e. The number of unbranched alkanes of at least 4 members (excludes halogenated alkanes) is 7. The van der Waals surface area contributed by atoms with E-state index in [0.29, 0.717) is 6.61 Å². The maximum atomic E-state index is 12.0. The average molecular weight is 547 g/mol. The Kier molecular flexibility index (Phi) is 9.60. The molecule has 0 fully saturated rings. The molecule has 0 saturated carbocycles. The molecule has 0 atom stereocenters. The molecule has 5 rings (SSSR count). The van der Waals surface area contributed by atoms with Crippen LogP contribution in [-0.2, 0) is 17.6 Å². The van der Waals surface area contributed by atoms with Crippen molar-refractivity contribution < 1.29 is 9.53 Å². The molecule has 1 aliphatic carbocycles. The van der Waals surface area contributed by atoms with E-state index in [2.05, 4.69) is 21.7 Å². The second-order valence-electron chi connectivity index (χ2n) is 10.6. The van der Waals surface area contributed by atoms with Gasteiger partial charge in [-0.15, -0.1) is 0 Å². The first-order valence-corrected chi connectivity index (χ1v) is 14.9. The number of carbonyl (C=O) groups is 1. The van der Waals surface area contributed by atoms with Crippen LogP contribution < -0.4 is 10.6 Å². The third kappa shape index (κ3) is 7.45. The first-order valence-electron chi connectivity index (χ1n) is 14.5. The molecule has 0 aliphatic heterocycles. The summed E-state index contributed by atoms with van der Waals surface area (Å²) in [6.07, 6.45) is 15.5. The minimum absolute atomic E-state index is 0.387. The minimum atomic E-state index is -0.387. The molecule has 2 heterocycles. The number of aromatic nitrogens is 2. The molecule has 206 valence electrons. The van der Waals surface area contributed by atoms with Gasteiger partial charge in [-0.3, -0.25) is 10.3 Å². The van der Waals surface area contributed by atoms with Gasteiger partial charge in [-0.25, -0.2) is 4.79 Å². The number of fused-ring (bicyclic) bond motifs is 3. The summed E-state index contributed by atoms with van der Waals surface area (Å²) in [6.45, 7) is 1.44. The number of carbonyl (C=O) groups excluding carboxylic acids is 1. The van der Waals surface area contributed by atoms with E-state index in [1.54, 1.807) is 0 Å². The lowest BCUT2D eigenvalue weighted by Crippen LogP contribution is -2.14. The zero-order valence-corrected chi connectivity index (χ0v) is 23.4. The zero-order chi connectivity index (χ0) is 26.9. The van der Waals surface area contributed by atoms with E-state index in [4.69, 9.17) is 21.3 Å². The maximum Gasteiger partial charge on any atom is 0.411 e. The third-order valence-corrected chi connectivity index (χ3v) is 7.86. The van der Waals surface area contributed by atoms with Crippen molar-refractivity contribution in [1.82, 2.24) is 9.97 Å². The van der Waals surface area contributed by atoms with Crippen LogP contribution in [0.3, 0.4) is 0 Å². The molecule has 39 heavy (non-hydrogen) atoms. The van der Waals surface area contributed by atoms with Crippen LogP contribution in [0.4, 0.5) is 16.2 Å². The molecule has 0 spiro atoms. The van der Waals surface area contributed by atoms with Crippen LogP contribution in [-0.4, -0.2) is 29.2 Å². The van der Waals surface area contributed by atoms with Crippen molar-refractivity contribution in [3.63, 3.8) is 0 Å². The number of hydrogen-bond donors (Lipinski definition) is 3. The number of ether oxygens (including phenoxy) is 1. The zero-order valence-electron chi connectivity index (χ0n) is 22.7. The van der Waals surface area contributed by atoms with Crippen LogP contribution in [0.5, 0.6) is 0 Å². The lowest BCUT2D eigenvalue weighted by Gasteiger charge is -2.22. The van der Waals surface area contributed by atoms with E-state index in [0.717, 1.165) is 64.7 Å². The number of H-pyrrole nitrogens is 1. The summed E-state index contributed by atoms with van der Waals surface area (Å²) in [5.74, 6) is 0. The molecular formula is C32H39ClN4O2. The van der Waals surface area contributed by atoms with Crippen LogP contribution in [0, 0.1) is 0 Å². The summed E-state index contributed by atoms with van der Waals surface area (Å²) >= 11 is 6.32. The summed E-state index contributed by atoms with van der Waals surface area (Å²) in [5, 5.41) is 9.55. The SMILES string of the molecule is O=C(Nc1ccc2[nH]ccc2c1)OCCCCCCCCCCNc1c2c(nc3ccc(Cl)cc13)CCCC2. The highest BCUT2D eigenvalue weighted by atomic mass is 35.5.